The molecule has 0 heterocycles. The maximum atomic E-state index is 11.4. The number of carbonyl (C=O) groups is 1. The van der Waals surface area contributed by atoms with Gasteiger partial charge < -0.3 is 20.9 Å². The van der Waals surface area contributed by atoms with E-state index in [1.165, 1.54) is 7.11 Å². The van der Waals surface area contributed by atoms with E-state index in [-0.39, 0.29) is 18.4 Å². The Bertz CT molecular complexity index is 186. The molecule has 0 aliphatic rings. The molecule has 0 saturated heterocycles. The van der Waals surface area contributed by atoms with Crippen molar-refractivity contribution < 1.29 is 14.6 Å². The molecule has 0 fully saturated rings. The summed E-state index contributed by atoms with van der Waals surface area (Å²) in [5, 5.41) is 12.0. The molecule has 0 rings (SSSR count). The van der Waals surface area contributed by atoms with Crippen molar-refractivity contribution in [3.63, 3.8) is 0 Å². The molecular weight excluding hydrogens is 196 g/mol. The third-order valence-electron chi connectivity index (χ3n) is 2.16. The summed E-state index contributed by atoms with van der Waals surface area (Å²) in [6.45, 7) is 4.49. The van der Waals surface area contributed by atoms with Gasteiger partial charge in [-0.3, -0.25) is 4.79 Å². The summed E-state index contributed by atoms with van der Waals surface area (Å²) in [5.41, 5.74) is 5.64. The van der Waals surface area contributed by atoms with Gasteiger partial charge in [0.05, 0.1) is 18.8 Å². The number of hydrogen-bond acceptors (Lipinski definition) is 4. The number of amides is 1. The van der Waals surface area contributed by atoms with Crippen LogP contribution in [-0.2, 0) is 9.53 Å². The van der Waals surface area contributed by atoms with Gasteiger partial charge in [-0.2, -0.15) is 0 Å². The molecule has 90 valence electrons. The van der Waals surface area contributed by atoms with E-state index >= 15 is 0 Å². The second-order valence-electron chi connectivity index (χ2n) is 3.96. The third-order valence-corrected chi connectivity index (χ3v) is 2.16. The zero-order chi connectivity index (χ0) is 11.8. The maximum Gasteiger partial charge on any atom is 0.237 e. The van der Waals surface area contributed by atoms with Crippen LogP contribution < -0.4 is 11.1 Å². The van der Waals surface area contributed by atoms with Gasteiger partial charge in [-0.25, -0.2) is 0 Å². The molecule has 0 aromatic carbocycles. The van der Waals surface area contributed by atoms with Crippen molar-refractivity contribution in [3.8, 4) is 0 Å². The molecule has 5 nitrogen and oxygen atoms in total. The summed E-state index contributed by atoms with van der Waals surface area (Å²) in [4.78, 5) is 11.4. The lowest BCUT2D eigenvalue weighted by molar-refractivity contribution is -0.123. The number of nitrogens with two attached hydrogens (primary N) is 1. The monoisotopic (exact) mass is 218 g/mol. The summed E-state index contributed by atoms with van der Waals surface area (Å²) in [5.74, 6) is -0.0523. The maximum absolute atomic E-state index is 11.4. The fraction of sp³-hybridized carbons (Fsp3) is 0.900. The van der Waals surface area contributed by atoms with Crippen LogP contribution in [0.3, 0.4) is 0 Å². The lowest BCUT2D eigenvalue weighted by Crippen LogP contribution is -2.44. The van der Waals surface area contributed by atoms with Crippen molar-refractivity contribution in [2.75, 3.05) is 20.3 Å². The molecule has 0 spiro atoms. The summed E-state index contributed by atoms with van der Waals surface area (Å²) < 4.78 is 4.76. The first-order chi connectivity index (χ1) is 6.99. The standard InChI is InChI=1S/C10H22N2O3/c1-7(2)9(11)10(14)12-5-4-8(13)6-15-3/h7-9,13H,4-6,11H2,1-3H3,(H,12,14)/t8?,9-/m1/s1. The number of methoxy groups -OCH3 is 1. The van der Waals surface area contributed by atoms with Gasteiger partial charge in [0.2, 0.25) is 5.91 Å². The molecule has 4 N–H and O–H groups in total. The minimum atomic E-state index is -0.537. The van der Waals surface area contributed by atoms with Gasteiger partial charge in [-0.1, -0.05) is 13.8 Å². The molecular formula is C10H22N2O3. The van der Waals surface area contributed by atoms with Gasteiger partial charge in [-0.05, 0) is 12.3 Å². The molecule has 0 aliphatic carbocycles. The van der Waals surface area contributed by atoms with Gasteiger partial charge in [0.25, 0.3) is 0 Å². The molecule has 5 heteroatoms. The SMILES string of the molecule is COCC(O)CCNC(=O)[C@H](N)C(C)C. The molecule has 0 bridgehead atoms. The number of hydrogen-bond donors (Lipinski definition) is 3. The Kier molecular flexibility index (Phi) is 7.29. The van der Waals surface area contributed by atoms with Crippen molar-refractivity contribution in [1.29, 1.82) is 0 Å². The third kappa shape index (κ3) is 6.43. The zero-order valence-electron chi connectivity index (χ0n) is 9.69. The van der Waals surface area contributed by atoms with E-state index in [2.05, 4.69) is 5.32 Å². The van der Waals surface area contributed by atoms with Crippen LogP contribution in [-0.4, -0.2) is 43.4 Å². The number of aliphatic hydroxyl groups is 1. The van der Waals surface area contributed by atoms with Gasteiger partial charge in [-0.15, -0.1) is 0 Å². The van der Waals surface area contributed by atoms with Gasteiger partial charge in [0.1, 0.15) is 0 Å². The lowest BCUT2D eigenvalue weighted by Gasteiger charge is -2.16. The smallest absolute Gasteiger partial charge is 0.237 e. The predicted molar refractivity (Wildman–Crippen MR) is 58.3 cm³/mol. The van der Waals surface area contributed by atoms with Crippen LogP contribution in [0.25, 0.3) is 0 Å². The first-order valence-corrected chi connectivity index (χ1v) is 5.19. The molecule has 1 amide bonds. The van der Waals surface area contributed by atoms with Crippen molar-refractivity contribution >= 4 is 5.91 Å². The Balaban J connectivity index is 3.63. The van der Waals surface area contributed by atoms with Crippen LogP contribution in [0.1, 0.15) is 20.3 Å². The molecule has 0 aromatic heterocycles. The quantitative estimate of drug-likeness (QED) is 0.537. The predicted octanol–water partition coefficient (Wildman–Crippen LogP) is -0.517. The van der Waals surface area contributed by atoms with Crippen LogP contribution in [0, 0.1) is 5.92 Å². The summed E-state index contributed by atoms with van der Waals surface area (Å²) in [6.07, 6.45) is -0.0599. The lowest BCUT2D eigenvalue weighted by atomic mass is 10.1. The van der Waals surface area contributed by atoms with Crippen LogP contribution in [0.2, 0.25) is 0 Å². The second kappa shape index (κ2) is 7.62. The summed E-state index contributed by atoms with van der Waals surface area (Å²) in [6, 6.07) is -0.482. The molecule has 0 aliphatic heterocycles. The van der Waals surface area contributed by atoms with E-state index in [1.807, 2.05) is 13.8 Å². The highest BCUT2D eigenvalue weighted by molar-refractivity contribution is 5.81. The average Bonchev–Trinajstić information content (AvgIpc) is 2.16. The Hall–Kier alpha value is -0.650. The second-order valence-corrected chi connectivity index (χ2v) is 3.96. The Morgan fingerprint density at radius 1 is 1.53 bits per heavy atom. The molecule has 0 saturated carbocycles. The molecule has 0 radical (unpaired) electrons. The number of nitrogens with one attached hydrogen (secondary N) is 1. The Morgan fingerprint density at radius 3 is 2.60 bits per heavy atom. The average molecular weight is 218 g/mol. The fourth-order valence-electron chi connectivity index (χ4n) is 1.06. The normalized spacial score (nSPS) is 15.1. The zero-order valence-corrected chi connectivity index (χ0v) is 9.69. The van der Waals surface area contributed by atoms with E-state index in [0.29, 0.717) is 13.0 Å². The number of aliphatic hydroxyl groups excluding tert-OH is 1. The topological polar surface area (TPSA) is 84.6 Å². The van der Waals surface area contributed by atoms with E-state index in [0.717, 1.165) is 0 Å². The van der Waals surface area contributed by atoms with Crippen LogP contribution >= 0.6 is 0 Å². The molecule has 0 aromatic rings. The largest absolute Gasteiger partial charge is 0.391 e. The number of ether oxygens (including phenoxy) is 1. The molecule has 2 atom stereocenters. The Morgan fingerprint density at radius 2 is 2.13 bits per heavy atom. The Labute approximate surface area is 91.0 Å². The van der Waals surface area contributed by atoms with E-state index in [9.17, 15) is 9.90 Å². The first kappa shape index (κ1) is 14.3. The van der Waals surface area contributed by atoms with Crippen molar-refractivity contribution in [3.05, 3.63) is 0 Å². The highest BCUT2D eigenvalue weighted by Gasteiger charge is 2.16. The number of carbonyl (C=O) groups excluding carboxylic acids is 1. The summed E-state index contributed by atoms with van der Waals surface area (Å²) in [7, 11) is 1.52. The minimum absolute atomic E-state index is 0.119. The van der Waals surface area contributed by atoms with E-state index < -0.39 is 12.1 Å². The van der Waals surface area contributed by atoms with Crippen molar-refractivity contribution in [2.45, 2.75) is 32.4 Å². The number of rotatable bonds is 7. The van der Waals surface area contributed by atoms with Crippen LogP contribution in [0.15, 0.2) is 0 Å². The van der Waals surface area contributed by atoms with Gasteiger partial charge in [0.15, 0.2) is 0 Å². The van der Waals surface area contributed by atoms with Gasteiger partial charge in [0, 0.05) is 13.7 Å². The van der Waals surface area contributed by atoms with Gasteiger partial charge >= 0.3 is 0 Å². The van der Waals surface area contributed by atoms with Crippen LogP contribution in [0.5, 0.6) is 0 Å². The van der Waals surface area contributed by atoms with Crippen molar-refractivity contribution in [2.24, 2.45) is 11.7 Å². The highest BCUT2D eigenvalue weighted by atomic mass is 16.5. The first-order valence-electron chi connectivity index (χ1n) is 5.19. The highest BCUT2D eigenvalue weighted by Crippen LogP contribution is 1.98. The van der Waals surface area contributed by atoms with Crippen molar-refractivity contribution in [1.82, 2.24) is 5.32 Å². The molecule has 1 unspecified atom stereocenters. The minimum Gasteiger partial charge on any atom is -0.391 e. The summed E-state index contributed by atoms with van der Waals surface area (Å²) >= 11 is 0. The van der Waals surface area contributed by atoms with E-state index in [1.54, 1.807) is 0 Å². The van der Waals surface area contributed by atoms with Crippen LogP contribution in [0.4, 0.5) is 0 Å². The van der Waals surface area contributed by atoms with E-state index in [4.69, 9.17) is 10.5 Å². The molecule has 15 heavy (non-hydrogen) atoms. The fourth-order valence-corrected chi connectivity index (χ4v) is 1.06.